The van der Waals surface area contributed by atoms with Crippen LogP contribution in [0.5, 0.6) is 0 Å². The van der Waals surface area contributed by atoms with Gasteiger partial charge in [0.25, 0.3) is 0 Å². The zero-order valence-corrected chi connectivity index (χ0v) is 6.64. The van der Waals surface area contributed by atoms with Crippen LogP contribution in [-0.4, -0.2) is 30.8 Å². The van der Waals surface area contributed by atoms with Crippen LogP contribution in [0, 0.1) is 0 Å². The Balaban J connectivity index is 3.83. The molecule has 0 N–H and O–H groups in total. The van der Waals surface area contributed by atoms with Crippen molar-refractivity contribution in [1.29, 1.82) is 0 Å². The largest absolute Gasteiger partial charge is 0.300 e. The Bertz CT molecular complexity index is 99.1. The molecule has 0 unspecified atom stereocenters. The van der Waals surface area contributed by atoms with Crippen molar-refractivity contribution < 1.29 is 4.79 Å². The summed E-state index contributed by atoms with van der Waals surface area (Å²) in [6.07, 6.45) is 0.905. The summed E-state index contributed by atoms with van der Waals surface area (Å²) in [6, 6.07) is 0.116. The molecule has 54 valence electrons. The van der Waals surface area contributed by atoms with Gasteiger partial charge in [-0.1, -0.05) is 6.92 Å². The normalized spacial score (nSPS) is 13.9. The van der Waals surface area contributed by atoms with Gasteiger partial charge >= 0.3 is 0 Å². The number of hydrogen-bond donors (Lipinski definition) is 0. The molecule has 0 aromatic rings. The van der Waals surface area contributed by atoms with E-state index in [1.54, 1.807) is 6.92 Å². The van der Waals surface area contributed by atoms with Gasteiger partial charge in [-0.05, 0) is 27.4 Å². The first-order valence-electron chi connectivity index (χ1n) is 3.26. The van der Waals surface area contributed by atoms with Gasteiger partial charge < -0.3 is 0 Å². The van der Waals surface area contributed by atoms with Gasteiger partial charge in [0, 0.05) is 0 Å². The first-order valence-corrected chi connectivity index (χ1v) is 3.26. The van der Waals surface area contributed by atoms with E-state index in [4.69, 9.17) is 0 Å². The molecule has 2 nitrogen and oxygen atoms in total. The molecule has 9 heavy (non-hydrogen) atoms. The summed E-state index contributed by atoms with van der Waals surface area (Å²) < 4.78 is 0. The van der Waals surface area contributed by atoms with Crippen molar-refractivity contribution in [3.63, 3.8) is 0 Å². The number of ketones is 1. The van der Waals surface area contributed by atoms with Crippen LogP contribution in [0.15, 0.2) is 0 Å². The fourth-order valence-electron chi connectivity index (χ4n) is 1.02. The maximum absolute atomic E-state index is 10.8. The minimum Gasteiger partial charge on any atom is -0.300 e. The Morgan fingerprint density at radius 1 is 1.56 bits per heavy atom. The highest BCUT2D eigenvalue weighted by Crippen LogP contribution is 1.98. The molecule has 0 spiro atoms. The van der Waals surface area contributed by atoms with Crippen molar-refractivity contribution in [2.45, 2.75) is 26.3 Å². The molecule has 0 fully saturated rings. The summed E-state index contributed by atoms with van der Waals surface area (Å²) in [5.74, 6) is 0.252. The Morgan fingerprint density at radius 3 is 2.00 bits per heavy atom. The maximum Gasteiger partial charge on any atom is 0.146 e. The quantitative estimate of drug-likeness (QED) is 0.564. The molecule has 0 radical (unpaired) electrons. The fraction of sp³-hybridized carbons (Fsp3) is 0.857. The van der Waals surface area contributed by atoms with E-state index in [1.807, 2.05) is 25.9 Å². The van der Waals surface area contributed by atoms with Crippen molar-refractivity contribution in [2.24, 2.45) is 0 Å². The minimum absolute atomic E-state index is 0.116. The van der Waals surface area contributed by atoms with Crippen molar-refractivity contribution in [1.82, 2.24) is 4.90 Å². The molecule has 0 aliphatic carbocycles. The molecule has 0 amide bonds. The molecule has 0 aliphatic rings. The summed E-state index contributed by atoms with van der Waals surface area (Å²) in [6.45, 7) is 3.65. The SMILES string of the molecule is CC[C@H](C(C)=O)N(C)C. The van der Waals surface area contributed by atoms with Gasteiger partial charge in [-0.15, -0.1) is 0 Å². The van der Waals surface area contributed by atoms with E-state index in [0.717, 1.165) is 6.42 Å². The van der Waals surface area contributed by atoms with E-state index < -0.39 is 0 Å². The van der Waals surface area contributed by atoms with Crippen LogP contribution in [0.2, 0.25) is 0 Å². The molecule has 0 aromatic heterocycles. The van der Waals surface area contributed by atoms with E-state index in [9.17, 15) is 4.79 Å². The van der Waals surface area contributed by atoms with Crippen molar-refractivity contribution in [3.8, 4) is 0 Å². The molecular weight excluding hydrogens is 114 g/mol. The topological polar surface area (TPSA) is 20.3 Å². The summed E-state index contributed by atoms with van der Waals surface area (Å²) in [5.41, 5.74) is 0. The van der Waals surface area contributed by atoms with E-state index in [2.05, 4.69) is 0 Å². The molecule has 1 atom stereocenters. The third-order valence-corrected chi connectivity index (χ3v) is 1.48. The van der Waals surface area contributed by atoms with E-state index in [1.165, 1.54) is 0 Å². The third kappa shape index (κ3) is 2.61. The molecule has 2 heteroatoms. The number of rotatable bonds is 3. The summed E-state index contributed by atoms with van der Waals surface area (Å²) >= 11 is 0. The number of carbonyl (C=O) groups is 1. The van der Waals surface area contributed by atoms with E-state index in [-0.39, 0.29) is 11.8 Å². The molecule has 0 rings (SSSR count). The lowest BCUT2D eigenvalue weighted by Gasteiger charge is -2.18. The standard InChI is InChI=1S/C7H15NO/c1-5-7(6(2)9)8(3)4/h7H,5H2,1-4H3/t7-/m1/s1. The molecule has 0 heterocycles. The van der Waals surface area contributed by atoms with Gasteiger partial charge in [-0.3, -0.25) is 9.69 Å². The Kier molecular flexibility index (Phi) is 3.47. The van der Waals surface area contributed by atoms with Gasteiger partial charge in [0.1, 0.15) is 5.78 Å². The van der Waals surface area contributed by atoms with Crippen LogP contribution in [-0.2, 0) is 4.79 Å². The zero-order chi connectivity index (χ0) is 7.44. The third-order valence-electron chi connectivity index (χ3n) is 1.48. The zero-order valence-electron chi connectivity index (χ0n) is 6.64. The van der Waals surface area contributed by atoms with E-state index in [0.29, 0.717) is 0 Å². The molecule has 0 aromatic carbocycles. The first-order chi connectivity index (χ1) is 4.09. The summed E-state index contributed by atoms with van der Waals surface area (Å²) in [4.78, 5) is 12.7. The smallest absolute Gasteiger partial charge is 0.146 e. The van der Waals surface area contributed by atoms with Gasteiger partial charge in [0.2, 0.25) is 0 Å². The lowest BCUT2D eigenvalue weighted by Crippen LogP contribution is -2.33. The molecule has 0 saturated carbocycles. The van der Waals surface area contributed by atoms with Gasteiger partial charge in [0.05, 0.1) is 6.04 Å². The second-order valence-corrected chi connectivity index (χ2v) is 2.50. The monoisotopic (exact) mass is 129 g/mol. The van der Waals surface area contributed by atoms with Crippen LogP contribution < -0.4 is 0 Å². The lowest BCUT2D eigenvalue weighted by molar-refractivity contribution is -0.121. The van der Waals surface area contributed by atoms with Crippen molar-refractivity contribution in [2.75, 3.05) is 14.1 Å². The fourth-order valence-corrected chi connectivity index (χ4v) is 1.02. The second kappa shape index (κ2) is 3.62. The summed E-state index contributed by atoms with van der Waals surface area (Å²) in [5, 5.41) is 0. The van der Waals surface area contributed by atoms with Crippen LogP contribution >= 0.6 is 0 Å². The van der Waals surface area contributed by atoms with Gasteiger partial charge in [0.15, 0.2) is 0 Å². The maximum atomic E-state index is 10.8. The molecule has 0 aliphatic heterocycles. The molecule has 0 bridgehead atoms. The Labute approximate surface area is 56.9 Å². The number of nitrogens with zero attached hydrogens (tertiary/aromatic N) is 1. The van der Waals surface area contributed by atoms with Crippen LogP contribution in [0.4, 0.5) is 0 Å². The highest BCUT2D eigenvalue weighted by Gasteiger charge is 2.12. The average molecular weight is 129 g/mol. The summed E-state index contributed by atoms with van der Waals surface area (Å²) in [7, 11) is 3.85. The van der Waals surface area contributed by atoms with Crippen LogP contribution in [0.1, 0.15) is 20.3 Å². The van der Waals surface area contributed by atoms with E-state index >= 15 is 0 Å². The lowest BCUT2D eigenvalue weighted by atomic mass is 10.1. The average Bonchev–Trinajstić information content (AvgIpc) is 1.64. The predicted molar refractivity (Wildman–Crippen MR) is 38.4 cm³/mol. The predicted octanol–water partition coefficient (Wildman–Crippen LogP) is 0.916. The number of likely N-dealkylation sites (N-methyl/N-ethyl adjacent to an activating group) is 1. The highest BCUT2D eigenvalue weighted by molar-refractivity contribution is 5.81. The van der Waals surface area contributed by atoms with Crippen LogP contribution in [0.25, 0.3) is 0 Å². The number of carbonyl (C=O) groups excluding carboxylic acids is 1. The molecular formula is C7H15NO. The molecule has 0 saturated heterocycles. The van der Waals surface area contributed by atoms with Gasteiger partial charge in [-0.25, -0.2) is 0 Å². The Morgan fingerprint density at radius 2 is 2.00 bits per heavy atom. The van der Waals surface area contributed by atoms with Gasteiger partial charge in [-0.2, -0.15) is 0 Å². The van der Waals surface area contributed by atoms with Crippen molar-refractivity contribution >= 4 is 5.78 Å². The van der Waals surface area contributed by atoms with Crippen molar-refractivity contribution in [3.05, 3.63) is 0 Å². The second-order valence-electron chi connectivity index (χ2n) is 2.50. The number of Topliss-reactive ketones (excluding diaryl/α,β-unsaturated/α-hetero) is 1. The van der Waals surface area contributed by atoms with Crippen LogP contribution in [0.3, 0.4) is 0 Å². The first kappa shape index (κ1) is 8.63. The number of hydrogen-bond acceptors (Lipinski definition) is 2. The minimum atomic E-state index is 0.116. The highest BCUT2D eigenvalue weighted by atomic mass is 16.1. The Hall–Kier alpha value is -0.370.